The molecule has 0 spiro atoms. The smallest absolute Gasteiger partial charge is 0.275 e. The molecule has 1 aliphatic heterocycles. The van der Waals surface area contributed by atoms with Crippen LogP contribution in [0.25, 0.3) is 0 Å². The number of hydrogen-bond acceptors (Lipinski definition) is 6. The van der Waals surface area contributed by atoms with Crippen molar-refractivity contribution in [2.45, 2.75) is 45.7 Å². The van der Waals surface area contributed by atoms with Gasteiger partial charge in [0, 0.05) is 24.6 Å². The van der Waals surface area contributed by atoms with Crippen LogP contribution in [0.4, 0.5) is 5.82 Å². The van der Waals surface area contributed by atoms with Gasteiger partial charge in [-0.2, -0.15) is 0 Å². The first-order valence-electron chi connectivity index (χ1n) is 10.3. The fourth-order valence-corrected chi connectivity index (χ4v) is 3.75. The summed E-state index contributed by atoms with van der Waals surface area (Å²) in [6.07, 6.45) is 6.77. The third-order valence-electron chi connectivity index (χ3n) is 5.26. The molecular weight excluding hydrogens is 376 g/mol. The fourth-order valence-electron chi connectivity index (χ4n) is 3.75. The van der Waals surface area contributed by atoms with Crippen molar-refractivity contribution in [1.29, 1.82) is 0 Å². The van der Waals surface area contributed by atoms with Crippen LogP contribution in [0, 0.1) is 13.8 Å². The molecule has 154 valence electrons. The Labute approximate surface area is 176 Å². The summed E-state index contributed by atoms with van der Waals surface area (Å²) in [4.78, 5) is 33.2. The van der Waals surface area contributed by atoms with E-state index in [4.69, 9.17) is 0 Å². The number of pyridine rings is 2. The van der Waals surface area contributed by atoms with E-state index in [1.54, 1.807) is 18.3 Å². The largest absolute Gasteiger partial charge is 0.305 e. The summed E-state index contributed by atoms with van der Waals surface area (Å²) in [7, 11) is 0. The number of anilines is 1. The molecule has 0 aromatic carbocycles. The molecule has 1 unspecified atom stereocenters. The molecular formula is C23H26N6O. The molecule has 1 fully saturated rings. The van der Waals surface area contributed by atoms with Crippen molar-refractivity contribution in [2.75, 3.05) is 11.9 Å². The zero-order valence-corrected chi connectivity index (χ0v) is 17.4. The van der Waals surface area contributed by atoms with E-state index < -0.39 is 0 Å². The number of aromatic nitrogens is 4. The number of carbonyl (C=O) groups is 1. The molecule has 0 bridgehead atoms. The van der Waals surface area contributed by atoms with Crippen molar-refractivity contribution in [3.8, 4) is 0 Å². The maximum Gasteiger partial charge on any atom is 0.275 e. The predicted octanol–water partition coefficient (Wildman–Crippen LogP) is 3.86. The molecule has 1 atom stereocenters. The Morgan fingerprint density at radius 2 is 2.03 bits per heavy atom. The minimum atomic E-state index is -0.273. The Bertz CT molecular complexity index is 1010. The highest BCUT2D eigenvalue weighted by Crippen LogP contribution is 2.30. The number of amides is 1. The molecule has 7 nitrogen and oxygen atoms in total. The zero-order chi connectivity index (χ0) is 20.9. The van der Waals surface area contributed by atoms with Crippen LogP contribution in [-0.2, 0) is 6.54 Å². The lowest BCUT2D eigenvalue weighted by atomic mass is 10.0. The van der Waals surface area contributed by atoms with Crippen LogP contribution in [-0.4, -0.2) is 37.3 Å². The molecule has 3 aromatic rings. The van der Waals surface area contributed by atoms with Gasteiger partial charge >= 0.3 is 0 Å². The van der Waals surface area contributed by atoms with Gasteiger partial charge in [-0.15, -0.1) is 0 Å². The standard InChI is InChI=1S/C23H26N6O/c1-16-9-10-21(25-14-16)28-23(30)19-13-17(2)26-22(27-19)20-8-4-6-12-29(20)15-18-7-3-5-11-24-18/h3,5,7,9-11,13-14,20H,4,6,8,12,15H2,1-2H3,(H,25,28,30). The molecule has 0 aliphatic carbocycles. The van der Waals surface area contributed by atoms with Gasteiger partial charge in [-0.25, -0.2) is 15.0 Å². The Balaban J connectivity index is 1.56. The van der Waals surface area contributed by atoms with Crippen LogP contribution >= 0.6 is 0 Å². The number of carbonyl (C=O) groups excluding carboxylic acids is 1. The first kappa shape index (κ1) is 20.1. The third-order valence-corrected chi connectivity index (χ3v) is 5.26. The second kappa shape index (κ2) is 9.09. The summed E-state index contributed by atoms with van der Waals surface area (Å²) < 4.78 is 0. The Kier molecular flexibility index (Phi) is 6.09. The SMILES string of the molecule is Cc1ccc(NC(=O)c2cc(C)nc(C3CCCCN3Cc3ccccn3)n2)nc1. The van der Waals surface area contributed by atoms with Gasteiger partial charge in [0.25, 0.3) is 5.91 Å². The summed E-state index contributed by atoms with van der Waals surface area (Å²) in [6.45, 7) is 5.57. The number of piperidine rings is 1. The van der Waals surface area contributed by atoms with Gasteiger partial charge in [0.15, 0.2) is 0 Å². The van der Waals surface area contributed by atoms with E-state index in [0.29, 0.717) is 17.3 Å². The molecule has 1 N–H and O–H groups in total. The topological polar surface area (TPSA) is 83.9 Å². The lowest BCUT2D eigenvalue weighted by Gasteiger charge is -2.34. The van der Waals surface area contributed by atoms with E-state index in [2.05, 4.69) is 30.2 Å². The Morgan fingerprint density at radius 1 is 1.13 bits per heavy atom. The molecule has 1 amide bonds. The van der Waals surface area contributed by atoms with Gasteiger partial charge in [-0.1, -0.05) is 18.6 Å². The van der Waals surface area contributed by atoms with Gasteiger partial charge in [0.2, 0.25) is 0 Å². The highest BCUT2D eigenvalue weighted by molar-refractivity contribution is 6.02. The second-order valence-electron chi connectivity index (χ2n) is 7.73. The van der Waals surface area contributed by atoms with E-state index in [-0.39, 0.29) is 11.9 Å². The average Bonchev–Trinajstić information content (AvgIpc) is 2.76. The van der Waals surface area contributed by atoms with Crippen molar-refractivity contribution in [2.24, 2.45) is 0 Å². The van der Waals surface area contributed by atoms with Gasteiger partial charge in [-0.05, 0) is 63.1 Å². The van der Waals surface area contributed by atoms with Crippen LogP contribution in [0.2, 0.25) is 0 Å². The molecule has 0 saturated carbocycles. The highest BCUT2D eigenvalue weighted by atomic mass is 16.1. The summed E-state index contributed by atoms with van der Waals surface area (Å²) >= 11 is 0. The maximum atomic E-state index is 12.8. The quantitative estimate of drug-likeness (QED) is 0.698. The van der Waals surface area contributed by atoms with E-state index >= 15 is 0 Å². The van der Waals surface area contributed by atoms with Gasteiger partial charge in [0.05, 0.1) is 11.7 Å². The van der Waals surface area contributed by atoms with Gasteiger partial charge < -0.3 is 5.32 Å². The van der Waals surface area contributed by atoms with E-state index in [1.807, 2.05) is 44.3 Å². The number of nitrogens with zero attached hydrogens (tertiary/aromatic N) is 5. The summed E-state index contributed by atoms with van der Waals surface area (Å²) in [5.41, 5.74) is 3.22. The first-order chi connectivity index (χ1) is 14.6. The van der Waals surface area contributed by atoms with Gasteiger partial charge in [0.1, 0.15) is 17.3 Å². The molecule has 1 saturated heterocycles. The van der Waals surface area contributed by atoms with E-state index in [9.17, 15) is 4.79 Å². The molecule has 4 rings (SSSR count). The van der Waals surface area contributed by atoms with Crippen molar-refractivity contribution >= 4 is 11.7 Å². The van der Waals surface area contributed by atoms with Crippen molar-refractivity contribution in [3.63, 3.8) is 0 Å². The molecule has 0 radical (unpaired) electrons. The Hall–Kier alpha value is -3.19. The number of rotatable bonds is 5. The minimum Gasteiger partial charge on any atom is -0.305 e. The van der Waals surface area contributed by atoms with Gasteiger partial charge in [-0.3, -0.25) is 14.7 Å². The molecule has 4 heterocycles. The third kappa shape index (κ3) is 4.86. The van der Waals surface area contributed by atoms with Crippen LogP contribution in [0.1, 0.15) is 58.6 Å². The minimum absolute atomic E-state index is 0.0738. The fraction of sp³-hybridized carbons (Fsp3) is 0.348. The Morgan fingerprint density at radius 3 is 2.80 bits per heavy atom. The molecule has 1 aliphatic rings. The monoisotopic (exact) mass is 402 g/mol. The summed E-state index contributed by atoms with van der Waals surface area (Å²) in [5.74, 6) is 0.940. The summed E-state index contributed by atoms with van der Waals surface area (Å²) in [5, 5.41) is 2.83. The number of aryl methyl sites for hydroxylation is 2. The normalized spacial score (nSPS) is 16.9. The molecule has 3 aromatic heterocycles. The lowest BCUT2D eigenvalue weighted by Crippen LogP contribution is -2.34. The first-order valence-corrected chi connectivity index (χ1v) is 10.3. The number of hydrogen-bond donors (Lipinski definition) is 1. The lowest BCUT2D eigenvalue weighted by molar-refractivity contribution is 0.101. The summed E-state index contributed by atoms with van der Waals surface area (Å²) in [6, 6.07) is 11.5. The second-order valence-corrected chi connectivity index (χ2v) is 7.73. The molecule has 7 heteroatoms. The zero-order valence-electron chi connectivity index (χ0n) is 17.4. The van der Waals surface area contributed by atoms with E-state index in [0.717, 1.165) is 49.3 Å². The van der Waals surface area contributed by atoms with Crippen molar-refractivity contribution in [1.82, 2.24) is 24.8 Å². The highest BCUT2D eigenvalue weighted by Gasteiger charge is 2.27. The van der Waals surface area contributed by atoms with Crippen LogP contribution < -0.4 is 5.32 Å². The number of likely N-dealkylation sites (tertiary alicyclic amines) is 1. The van der Waals surface area contributed by atoms with Crippen molar-refractivity contribution in [3.05, 3.63) is 77.3 Å². The maximum absolute atomic E-state index is 12.8. The number of nitrogens with one attached hydrogen (secondary N) is 1. The average molecular weight is 403 g/mol. The van der Waals surface area contributed by atoms with Crippen LogP contribution in [0.3, 0.4) is 0 Å². The van der Waals surface area contributed by atoms with Crippen molar-refractivity contribution < 1.29 is 4.79 Å². The predicted molar refractivity (Wildman–Crippen MR) is 115 cm³/mol. The van der Waals surface area contributed by atoms with E-state index in [1.165, 1.54) is 0 Å². The van der Waals surface area contributed by atoms with Crippen LogP contribution in [0.5, 0.6) is 0 Å². The molecule has 30 heavy (non-hydrogen) atoms. The van der Waals surface area contributed by atoms with Crippen LogP contribution in [0.15, 0.2) is 48.8 Å².